The van der Waals surface area contributed by atoms with Gasteiger partial charge in [-0.3, -0.25) is 4.79 Å². The van der Waals surface area contributed by atoms with Crippen LogP contribution in [0.15, 0.2) is 36.4 Å². The van der Waals surface area contributed by atoms with Gasteiger partial charge < -0.3 is 10.6 Å². The summed E-state index contributed by atoms with van der Waals surface area (Å²) in [4.78, 5) is 12.2. The maximum absolute atomic E-state index is 12.2. The molecule has 1 amide bonds. The fourth-order valence-corrected chi connectivity index (χ4v) is 2.48. The number of benzene rings is 2. The molecule has 0 aliphatic rings. The lowest BCUT2D eigenvalue weighted by Gasteiger charge is -2.10. The van der Waals surface area contributed by atoms with Crippen LogP contribution < -0.4 is 10.6 Å². The number of nitrogens with one attached hydrogen (secondary N) is 2. The lowest BCUT2D eigenvalue weighted by Crippen LogP contribution is -2.13. The second-order valence-corrected chi connectivity index (χ2v) is 5.22. The van der Waals surface area contributed by atoms with E-state index in [1.165, 1.54) is 0 Å². The summed E-state index contributed by atoms with van der Waals surface area (Å²) in [7, 11) is 1.75. The van der Waals surface area contributed by atoms with Gasteiger partial charge in [-0.15, -0.1) is 0 Å². The number of hydrogen-bond acceptors (Lipinski definition) is 2. The molecular formula is C14H11Cl3N2O. The smallest absolute Gasteiger partial charge is 0.258 e. The Morgan fingerprint density at radius 3 is 2.25 bits per heavy atom. The van der Waals surface area contributed by atoms with Gasteiger partial charge in [0.25, 0.3) is 5.91 Å². The maximum atomic E-state index is 12.2. The Morgan fingerprint density at radius 2 is 1.65 bits per heavy atom. The summed E-state index contributed by atoms with van der Waals surface area (Å²) < 4.78 is 0. The second-order valence-electron chi connectivity index (χ2n) is 4.00. The summed E-state index contributed by atoms with van der Waals surface area (Å²) in [6, 6.07) is 10.0. The lowest BCUT2D eigenvalue weighted by molar-refractivity contribution is 0.102. The van der Waals surface area contributed by atoms with E-state index in [1.54, 1.807) is 43.4 Å². The summed E-state index contributed by atoms with van der Waals surface area (Å²) >= 11 is 18.0. The van der Waals surface area contributed by atoms with Crippen LogP contribution in [0.3, 0.4) is 0 Å². The molecule has 3 nitrogen and oxygen atoms in total. The highest BCUT2D eigenvalue weighted by atomic mass is 35.5. The van der Waals surface area contributed by atoms with Crippen LogP contribution in [0.4, 0.5) is 11.4 Å². The molecule has 2 aromatic carbocycles. The highest BCUT2D eigenvalue weighted by molar-refractivity contribution is 6.40. The molecule has 0 atom stereocenters. The van der Waals surface area contributed by atoms with Crippen LogP contribution in [0.1, 0.15) is 10.4 Å². The molecule has 0 heterocycles. The van der Waals surface area contributed by atoms with Crippen molar-refractivity contribution in [1.82, 2.24) is 0 Å². The molecule has 0 saturated heterocycles. The Hall–Kier alpha value is -1.42. The first kappa shape index (κ1) is 15.0. The van der Waals surface area contributed by atoms with Crippen molar-refractivity contribution in [3.63, 3.8) is 0 Å². The van der Waals surface area contributed by atoms with Gasteiger partial charge in [-0.2, -0.15) is 0 Å². The quantitative estimate of drug-likeness (QED) is 0.837. The van der Waals surface area contributed by atoms with Gasteiger partial charge in [0.15, 0.2) is 0 Å². The van der Waals surface area contributed by atoms with Gasteiger partial charge >= 0.3 is 0 Å². The fraction of sp³-hybridized carbons (Fsp3) is 0.0714. The van der Waals surface area contributed by atoms with Crippen LogP contribution in [0.5, 0.6) is 0 Å². The molecule has 20 heavy (non-hydrogen) atoms. The molecule has 6 heteroatoms. The van der Waals surface area contributed by atoms with E-state index in [-0.39, 0.29) is 11.5 Å². The van der Waals surface area contributed by atoms with E-state index in [4.69, 9.17) is 34.8 Å². The Labute approximate surface area is 131 Å². The average Bonchev–Trinajstić information content (AvgIpc) is 2.40. The van der Waals surface area contributed by atoms with Crippen LogP contribution in [0.25, 0.3) is 0 Å². The van der Waals surface area contributed by atoms with Gasteiger partial charge in [0.1, 0.15) is 0 Å². The van der Waals surface area contributed by atoms with Crippen molar-refractivity contribution in [3.8, 4) is 0 Å². The molecule has 0 unspecified atom stereocenters. The van der Waals surface area contributed by atoms with Crippen LogP contribution in [-0.2, 0) is 0 Å². The van der Waals surface area contributed by atoms with Gasteiger partial charge in [0, 0.05) is 12.7 Å². The van der Waals surface area contributed by atoms with E-state index in [9.17, 15) is 4.79 Å². The molecule has 0 aliphatic carbocycles. The van der Waals surface area contributed by atoms with Crippen LogP contribution in [-0.4, -0.2) is 13.0 Å². The maximum Gasteiger partial charge on any atom is 0.258 e. The number of amides is 1. The Bertz CT molecular complexity index is 639. The minimum Gasteiger partial charge on any atom is -0.387 e. The molecular weight excluding hydrogens is 319 g/mol. The van der Waals surface area contributed by atoms with Gasteiger partial charge in [-0.1, -0.05) is 40.9 Å². The van der Waals surface area contributed by atoms with Crippen molar-refractivity contribution in [2.45, 2.75) is 0 Å². The molecule has 0 fully saturated rings. The molecule has 0 bridgehead atoms. The Kier molecular flexibility index (Phi) is 4.76. The molecule has 2 aromatic rings. The molecule has 0 radical (unpaired) electrons. The zero-order valence-electron chi connectivity index (χ0n) is 10.5. The minimum atomic E-state index is -0.370. The number of anilines is 2. The molecule has 0 aliphatic heterocycles. The van der Waals surface area contributed by atoms with Crippen LogP contribution in [0, 0.1) is 0 Å². The first-order chi connectivity index (χ1) is 9.52. The number of rotatable bonds is 3. The zero-order chi connectivity index (χ0) is 14.7. The standard InChI is InChI=1S/C14H11Cl3N2O/c1-18-12-7-8(5-6-9(12)15)19-14(20)13-10(16)3-2-4-11(13)17/h2-7,18H,1H3,(H,19,20). The van der Waals surface area contributed by atoms with Gasteiger partial charge in [0.05, 0.1) is 26.3 Å². The highest BCUT2D eigenvalue weighted by Gasteiger charge is 2.15. The summed E-state index contributed by atoms with van der Waals surface area (Å²) in [5.74, 6) is -0.370. The average molecular weight is 330 g/mol. The SMILES string of the molecule is CNc1cc(NC(=O)c2c(Cl)cccc2Cl)ccc1Cl. The molecule has 2 rings (SSSR count). The Morgan fingerprint density at radius 1 is 1.00 bits per heavy atom. The number of carbonyl (C=O) groups excluding carboxylic acids is 1. The van der Waals surface area contributed by atoms with Crippen molar-refractivity contribution in [3.05, 3.63) is 57.0 Å². The van der Waals surface area contributed by atoms with Crippen molar-refractivity contribution < 1.29 is 4.79 Å². The van der Waals surface area contributed by atoms with Crippen molar-refractivity contribution >= 4 is 52.1 Å². The summed E-state index contributed by atoms with van der Waals surface area (Å²) in [6.07, 6.45) is 0. The summed E-state index contributed by atoms with van der Waals surface area (Å²) in [6.45, 7) is 0. The van der Waals surface area contributed by atoms with Gasteiger partial charge in [-0.25, -0.2) is 0 Å². The third-order valence-electron chi connectivity index (χ3n) is 2.68. The topological polar surface area (TPSA) is 41.1 Å². The van der Waals surface area contributed by atoms with Crippen LogP contribution in [0.2, 0.25) is 15.1 Å². The van der Waals surface area contributed by atoms with E-state index < -0.39 is 0 Å². The monoisotopic (exact) mass is 328 g/mol. The van der Waals surface area contributed by atoms with E-state index in [0.717, 1.165) is 5.69 Å². The normalized spacial score (nSPS) is 10.2. The molecule has 0 aromatic heterocycles. The fourth-order valence-electron chi connectivity index (χ4n) is 1.70. The van der Waals surface area contributed by atoms with Gasteiger partial charge in [-0.05, 0) is 30.3 Å². The van der Waals surface area contributed by atoms with E-state index in [1.807, 2.05) is 0 Å². The number of carbonyl (C=O) groups is 1. The Balaban J connectivity index is 2.28. The first-order valence-electron chi connectivity index (χ1n) is 5.75. The predicted octanol–water partition coefficient (Wildman–Crippen LogP) is 4.94. The molecule has 2 N–H and O–H groups in total. The lowest BCUT2D eigenvalue weighted by atomic mass is 10.2. The minimum absolute atomic E-state index is 0.247. The number of halogens is 3. The van der Waals surface area contributed by atoms with E-state index >= 15 is 0 Å². The van der Waals surface area contributed by atoms with E-state index in [0.29, 0.717) is 20.8 Å². The predicted molar refractivity (Wildman–Crippen MR) is 85.4 cm³/mol. The molecule has 104 valence electrons. The first-order valence-corrected chi connectivity index (χ1v) is 6.89. The largest absolute Gasteiger partial charge is 0.387 e. The third kappa shape index (κ3) is 3.18. The van der Waals surface area contributed by atoms with Crippen molar-refractivity contribution in [2.75, 3.05) is 17.7 Å². The summed E-state index contributed by atoms with van der Waals surface area (Å²) in [5, 5.41) is 6.85. The number of hydrogen-bond donors (Lipinski definition) is 2. The van der Waals surface area contributed by atoms with Crippen molar-refractivity contribution in [2.24, 2.45) is 0 Å². The second kappa shape index (κ2) is 6.35. The van der Waals surface area contributed by atoms with E-state index in [2.05, 4.69) is 10.6 Å². The third-order valence-corrected chi connectivity index (χ3v) is 3.64. The molecule has 0 saturated carbocycles. The van der Waals surface area contributed by atoms with Crippen molar-refractivity contribution in [1.29, 1.82) is 0 Å². The summed E-state index contributed by atoms with van der Waals surface area (Å²) in [5.41, 5.74) is 1.56. The molecule has 0 spiro atoms. The van der Waals surface area contributed by atoms with Gasteiger partial charge in [0.2, 0.25) is 0 Å². The zero-order valence-corrected chi connectivity index (χ0v) is 12.8. The van der Waals surface area contributed by atoms with Crippen LogP contribution >= 0.6 is 34.8 Å². The highest BCUT2D eigenvalue weighted by Crippen LogP contribution is 2.28.